The molecule has 1 aromatic carbocycles. The zero-order valence-electron chi connectivity index (χ0n) is 13.4. The summed E-state index contributed by atoms with van der Waals surface area (Å²) in [5.41, 5.74) is 6.61. The van der Waals surface area contributed by atoms with Crippen LogP contribution < -0.4 is 15.8 Å². The molecule has 2 heterocycles. The van der Waals surface area contributed by atoms with Gasteiger partial charge in [0.05, 0.1) is 6.61 Å². The fourth-order valence-electron chi connectivity index (χ4n) is 2.47. The molecule has 6 nitrogen and oxygen atoms in total. The first kappa shape index (κ1) is 16.9. The third-order valence-electron chi connectivity index (χ3n) is 3.90. The predicted octanol–water partition coefficient (Wildman–Crippen LogP) is 2.66. The summed E-state index contributed by atoms with van der Waals surface area (Å²) in [5, 5.41) is 5.28. The lowest BCUT2D eigenvalue weighted by molar-refractivity contribution is 0.0497. The molecular weight excluding hydrogens is 326 g/mol. The Labute approximate surface area is 145 Å². The van der Waals surface area contributed by atoms with Gasteiger partial charge in [0.2, 0.25) is 0 Å². The molecule has 0 atom stereocenters. The Morgan fingerprint density at radius 2 is 2.08 bits per heavy atom. The Morgan fingerprint density at radius 1 is 1.33 bits per heavy atom. The number of carbonyl (C=O) groups excluding carboxylic acids is 1. The standard InChI is InChI=1S/C17H21N3O3S/c18-9-16-20-15(11-24-16)17(21)19-13-1-3-14(4-2-13)23-10-12-5-7-22-8-6-12/h1-4,11-12H,5-10,18H2,(H,19,21). The van der Waals surface area contributed by atoms with E-state index < -0.39 is 0 Å². The van der Waals surface area contributed by atoms with Crippen LogP contribution in [0.2, 0.25) is 0 Å². The third kappa shape index (κ3) is 4.53. The molecular formula is C17H21N3O3S. The van der Waals surface area contributed by atoms with Gasteiger partial charge in [-0.05, 0) is 43.0 Å². The van der Waals surface area contributed by atoms with Crippen LogP contribution in [0.3, 0.4) is 0 Å². The number of nitrogens with two attached hydrogens (primary N) is 1. The molecule has 0 unspecified atom stereocenters. The minimum atomic E-state index is -0.234. The van der Waals surface area contributed by atoms with E-state index in [1.54, 1.807) is 5.38 Å². The maximum Gasteiger partial charge on any atom is 0.275 e. The van der Waals surface area contributed by atoms with E-state index in [1.807, 2.05) is 24.3 Å². The van der Waals surface area contributed by atoms with Crippen LogP contribution in [0, 0.1) is 5.92 Å². The largest absolute Gasteiger partial charge is 0.493 e. The van der Waals surface area contributed by atoms with E-state index in [0.717, 1.165) is 36.8 Å². The molecule has 0 bridgehead atoms. The van der Waals surface area contributed by atoms with Crippen molar-refractivity contribution in [1.82, 2.24) is 4.98 Å². The third-order valence-corrected chi connectivity index (χ3v) is 4.77. The van der Waals surface area contributed by atoms with Crippen molar-refractivity contribution in [3.8, 4) is 5.75 Å². The van der Waals surface area contributed by atoms with Gasteiger partial charge in [0.1, 0.15) is 16.5 Å². The molecule has 3 rings (SSSR count). The number of benzene rings is 1. The molecule has 3 N–H and O–H groups in total. The van der Waals surface area contributed by atoms with Crippen LogP contribution in [0.5, 0.6) is 5.75 Å². The van der Waals surface area contributed by atoms with Crippen molar-refractivity contribution >= 4 is 22.9 Å². The molecule has 1 aliphatic rings. The smallest absolute Gasteiger partial charge is 0.275 e. The molecule has 0 saturated carbocycles. The zero-order chi connectivity index (χ0) is 16.8. The summed E-state index contributed by atoms with van der Waals surface area (Å²) in [5.74, 6) is 1.12. The van der Waals surface area contributed by atoms with E-state index in [2.05, 4.69) is 10.3 Å². The molecule has 1 fully saturated rings. The van der Waals surface area contributed by atoms with E-state index in [0.29, 0.717) is 30.5 Å². The molecule has 0 aliphatic carbocycles. The Hall–Kier alpha value is -1.96. The molecule has 1 aromatic heterocycles. The van der Waals surface area contributed by atoms with Gasteiger partial charge in [-0.3, -0.25) is 4.79 Å². The number of nitrogens with one attached hydrogen (secondary N) is 1. The van der Waals surface area contributed by atoms with Crippen molar-refractivity contribution in [1.29, 1.82) is 0 Å². The SMILES string of the molecule is NCc1nc(C(=O)Nc2ccc(OCC3CCOCC3)cc2)cs1. The molecule has 1 aliphatic heterocycles. The maximum atomic E-state index is 12.1. The zero-order valence-corrected chi connectivity index (χ0v) is 14.2. The summed E-state index contributed by atoms with van der Waals surface area (Å²) in [7, 11) is 0. The summed E-state index contributed by atoms with van der Waals surface area (Å²) in [6.07, 6.45) is 2.10. The number of hydrogen-bond acceptors (Lipinski definition) is 6. The van der Waals surface area contributed by atoms with Crippen molar-refractivity contribution in [3.05, 3.63) is 40.3 Å². The van der Waals surface area contributed by atoms with Gasteiger partial charge in [0.25, 0.3) is 5.91 Å². The number of thiazole rings is 1. The number of hydrogen-bond donors (Lipinski definition) is 2. The average molecular weight is 347 g/mol. The van der Waals surface area contributed by atoms with Crippen LogP contribution in [0.4, 0.5) is 5.69 Å². The van der Waals surface area contributed by atoms with Gasteiger partial charge in [-0.1, -0.05) is 0 Å². The lowest BCUT2D eigenvalue weighted by Gasteiger charge is -2.22. The van der Waals surface area contributed by atoms with Gasteiger partial charge in [-0.2, -0.15) is 0 Å². The summed E-state index contributed by atoms with van der Waals surface area (Å²) in [4.78, 5) is 16.3. The maximum absolute atomic E-state index is 12.1. The highest BCUT2D eigenvalue weighted by Crippen LogP contribution is 2.20. The number of anilines is 1. The lowest BCUT2D eigenvalue weighted by atomic mass is 10.0. The van der Waals surface area contributed by atoms with Crippen LogP contribution in [0.25, 0.3) is 0 Å². The van der Waals surface area contributed by atoms with Gasteiger partial charge >= 0.3 is 0 Å². The Balaban J connectivity index is 1.51. The van der Waals surface area contributed by atoms with E-state index in [9.17, 15) is 4.79 Å². The van der Waals surface area contributed by atoms with Crippen molar-refractivity contribution in [2.75, 3.05) is 25.1 Å². The molecule has 7 heteroatoms. The molecule has 0 spiro atoms. The first-order valence-electron chi connectivity index (χ1n) is 8.01. The number of rotatable bonds is 6. The predicted molar refractivity (Wildman–Crippen MR) is 93.4 cm³/mol. The molecule has 128 valence electrons. The highest BCUT2D eigenvalue weighted by Gasteiger charge is 2.14. The van der Waals surface area contributed by atoms with Crippen molar-refractivity contribution < 1.29 is 14.3 Å². The minimum Gasteiger partial charge on any atom is -0.493 e. The summed E-state index contributed by atoms with van der Waals surface area (Å²) in [6.45, 7) is 2.69. The van der Waals surface area contributed by atoms with Gasteiger partial charge < -0.3 is 20.5 Å². The number of aromatic nitrogens is 1. The van der Waals surface area contributed by atoms with Crippen molar-refractivity contribution in [3.63, 3.8) is 0 Å². The second-order valence-corrected chi connectivity index (χ2v) is 6.62. The Bertz CT molecular complexity index is 666. The first-order valence-corrected chi connectivity index (χ1v) is 8.89. The second kappa shape index (κ2) is 8.23. The molecule has 1 saturated heterocycles. The summed E-state index contributed by atoms with van der Waals surface area (Å²) >= 11 is 1.39. The van der Waals surface area contributed by atoms with E-state index in [1.165, 1.54) is 11.3 Å². The molecule has 2 aromatic rings. The van der Waals surface area contributed by atoms with Crippen LogP contribution in [-0.2, 0) is 11.3 Å². The van der Waals surface area contributed by atoms with Crippen molar-refractivity contribution in [2.45, 2.75) is 19.4 Å². The van der Waals surface area contributed by atoms with Gasteiger partial charge in [-0.15, -0.1) is 11.3 Å². The quantitative estimate of drug-likeness (QED) is 0.839. The highest BCUT2D eigenvalue weighted by molar-refractivity contribution is 7.09. The monoisotopic (exact) mass is 347 g/mol. The lowest BCUT2D eigenvalue weighted by Crippen LogP contribution is -2.21. The van der Waals surface area contributed by atoms with E-state index >= 15 is 0 Å². The number of ether oxygens (including phenoxy) is 2. The van der Waals surface area contributed by atoms with Gasteiger partial charge in [0, 0.05) is 30.8 Å². The Kier molecular flexibility index (Phi) is 5.79. The van der Waals surface area contributed by atoms with Crippen LogP contribution in [0.15, 0.2) is 29.6 Å². The second-order valence-electron chi connectivity index (χ2n) is 5.68. The fourth-order valence-corrected chi connectivity index (χ4v) is 3.12. The van der Waals surface area contributed by atoms with Gasteiger partial charge in [0.15, 0.2) is 0 Å². The van der Waals surface area contributed by atoms with Crippen molar-refractivity contribution in [2.24, 2.45) is 11.7 Å². The molecule has 24 heavy (non-hydrogen) atoms. The van der Waals surface area contributed by atoms with Crippen LogP contribution in [0.1, 0.15) is 28.3 Å². The normalized spacial score (nSPS) is 15.2. The topological polar surface area (TPSA) is 86.5 Å². The van der Waals surface area contributed by atoms with E-state index in [-0.39, 0.29) is 5.91 Å². The number of amides is 1. The first-order chi connectivity index (χ1) is 11.7. The van der Waals surface area contributed by atoms with Gasteiger partial charge in [-0.25, -0.2) is 4.98 Å². The average Bonchev–Trinajstić information content (AvgIpc) is 3.11. The molecule has 1 amide bonds. The minimum absolute atomic E-state index is 0.234. The fraction of sp³-hybridized carbons (Fsp3) is 0.412. The highest BCUT2D eigenvalue weighted by atomic mass is 32.1. The van der Waals surface area contributed by atoms with Crippen LogP contribution >= 0.6 is 11.3 Å². The summed E-state index contributed by atoms with van der Waals surface area (Å²) in [6, 6.07) is 7.38. The number of carbonyl (C=O) groups is 1. The molecule has 0 radical (unpaired) electrons. The van der Waals surface area contributed by atoms with Crippen LogP contribution in [-0.4, -0.2) is 30.7 Å². The Morgan fingerprint density at radius 3 is 2.75 bits per heavy atom. The van der Waals surface area contributed by atoms with E-state index in [4.69, 9.17) is 15.2 Å². The number of nitrogens with zero attached hydrogens (tertiary/aromatic N) is 1. The summed E-state index contributed by atoms with van der Waals surface area (Å²) < 4.78 is 11.2.